The van der Waals surface area contributed by atoms with Gasteiger partial charge in [0.2, 0.25) is 5.91 Å². The number of rotatable bonds is 4. The van der Waals surface area contributed by atoms with Gasteiger partial charge in [-0.05, 0) is 31.0 Å². The zero-order chi connectivity index (χ0) is 22.3. The fourth-order valence-corrected chi connectivity index (χ4v) is 4.21. The number of hydrogen-bond acceptors (Lipinski definition) is 4. The van der Waals surface area contributed by atoms with Crippen molar-refractivity contribution in [2.75, 3.05) is 37.9 Å². The predicted octanol–water partition coefficient (Wildman–Crippen LogP) is 3.31. The van der Waals surface area contributed by atoms with E-state index < -0.39 is 41.7 Å². The number of amides is 4. The van der Waals surface area contributed by atoms with E-state index in [1.807, 2.05) is 0 Å². The topological polar surface area (TPSA) is 73.0 Å². The van der Waals surface area contributed by atoms with Crippen LogP contribution >= 0.6 is 0 Å². The zero-order valence-electron chi connectivity index (χ0n) is 17.2. The standard InChI is InChI=1S/C20H25F3N4O3/c1-25(2)15-8-7-13(20(21,22)23)11-14(15)24-16(28)12-27-17(29)19(26(3)18(27)30)9-5-4-6-10-19/h7-8,11H,4-6,9-10,12H2,1-3H3,(H,24,28). The first kappa shape index (κ1) is 21.9. The largest absolute Gasteiger partial charge is 0.416 e. The highest BCUT2D eigenvalue weighted by Gasteiger charge is 2.55. The normalized spacial score (nSPS) is 18.9. The summed E-state index contributed by atoms with van der Waals surface area (Å²) in [4.78, 5) is 42.1. The third kappa shape index (κ3) is 3.82. The second-order valence-electron chi connectivity index (χ2n) is 8.00. The van der Waals surface area contributed by atoms with Crippen molar-refractivity contribution in [2.45, 2.75) is 43.8 Å². The molecule has 1 N–H and O–H groups in total. The van der Waals surface area contributed by atoms with Crippen LogP contribution in [-0.4, -0.2) is 60.9 Å². The van der Waals surface area contributed by atoms with Gasteiger partial charge in [-0.2, -0.15) is 13.2 Å². The Balaban J connectivity index is 1.80. The van der Waals surface area contributed by atoms with E-state index in [1.165, 1.54) is 11.0 Å². The van der Waals surface area contributed by atoms with Crippen LogP contribution in [-0.2, 0) is 15.8 Å². The number of urea groups is 1. The van der Waals surface area contributed by atoms with Gasteiger partial charge in [-0.25, -0.2) is 4.79 Å². The molecule has 1 saturated heterocycles. The van der Waals surface area contributed by atoms with Crippen LogP contribution in [0, 0.1) is 0 Å². The summed E-state index contributed by atoms with van der Waals surface area (Å²) < 4.78 is 39.3. The molecule has 4 amide bonds. The highest BCUT2D eigenvalue weighted by molar-refractivity contribution is 6.10. The maximum Gasteiger partial charge on any atom is 0.416 e. The number of benzene rings is 1. The van der Waals surface area contributed by atoms with Crippen molar-refractivity contribution in [2.24, 2.45) is 0 Å². The minimum absolute atomic E-state index is 0.0420. The molecule has 1 aliphatic heterocycles. The number of likely N-dealkylation sites (N-methyl/N-ethyl adjacent to an activating group) is 1. The minimum atomic E-state index is -4.57. The van der Waals surface area contributed by atoms with Crippen LogP contribution in [0.25, 0.3) is 0 Å². The molecule has 164 valence electrons. The molecule has 0 radical (unpaired) electrons. The van der Waals surface area contributed by atoms with E-state index in [-0.39, 0.29) is 5.69 Å². The highest BCUT2D eigenvalue weighted by Crippen LogP contribution is 2.39. The minimum Gasteiger partial charge on any atom is -0.376 e. The Bertz CT molecular complexity index is 863. The fraction of sp³-hybridized carbons (Fsp3) is 0.550. The van der Waals surface area contributed by atoms with Crippen molar-refractivity contribution in [1.82, 2.24) is 9.80 Å². The smallest absolute Gasteiger partial charge is 0.376 e. The second-order valence-corrected chi connectivity index (χ2v) is 8.00. The summed E-state index contributed by atoms with van der Waals surface area (Å²) in [6.45, 7) is -0.549. The van der Waals surface area contributed by atoms with Gasteiger partial charge in [-0.15, -0.1) is 0 Å². The average molecular weight is 426 g/mol. The van der Waals surface area contributed by atoms with Crippen LogP contribution < -0.4 is 10.2 Å². The van der Waals surface area contributed by atoms with Crippen LogP contribution in [0.4, 0.5) is 29.3 Å². The zero-order valence-corrected chi connectivity index (χ0v) is 17.2. The summed E-state index contributed by atoms with van der Waals surface area (Å²) in [7, 11) is 4.82. The average Bonchev–Trinajstić information content (AvgIpc) is 2.84. The van der Waals surface area contributed by atoms with E-state index in [0.717, 1.165) is 36.3 Å². The van der Waals surface area contributed by atoms with Gasteiger partial charge in [-0.3, -0.25) is 14.5 Å². The molecule has 10 heteroatoms. The van der Waals surface area contributed by atoms with Gasteiger partial charge in [0, 0.05) is 21.1 Å². The number of nitrogens with zero attached hydrogens (tertiary/aromatic N) is 3. The summed E-state index contributed by atoms with van der Waals surface area (Å²) in [6, 6.07) is 2.47. The first-order valence-corrected chi connectivity index (χ1v) is 9.75. The molecule has 0 atom stereocenters. The van der Waals surface area contributed by atoms with Crippen molar-refractivity contribution in [3.63, 3.8) is 0 Å². The van der Waals surface area contributed by atoms with Crippen LogP contribution in [0.1, 0.15) is 37.7 Å². The third-order valence-corrected chi connectivity index (χ3v) is 5.87. The van der Waals surface area contributed by atoms with Gasteiger partial charge >= 0.3 is 12.2 Å². The Hall–Kier alpha value is -2.78. The quantitative estimate of drug-likeness (QED) is 0.750. The van der Waals surface area contributed by atoms with Crippen molar-refractivity contribution in [1.29, 1.82) is 0 Å². The van der Waals surface area contributed by atoms with Gasteiger partial charge < -0.3 is 15.1 Å². The van der Waals surface area contributed by atoms with Crippen molar-refractivity contribution in [3.05, 3.63) is 23.8 Å². The van der Waals surface area contributed by atoms with E-state index in [4.69, 9.17) is 0 Å². The van der Waals surface area contributed by atoms with Gasteiger partial charge in [0.05, 0.1) is 16.9 Å². The van der Waals surface area contributed by atoms with Crippen LogP contribution in [0.3, 0.4) is 0 Å². The maximum atomic E-state index is 13.1. The molecule has 2 fully saturated rings. The Morgan fingerprint density at radius 1 is 1.17 bits per heavy atom. The van der Waals surface area contributed by atoms with Gasteiger partial charge in [0.15, 0.2) is 0 Å². The summed E-state index contributed by atoms with van der Waals surface area (Å²) in [5.41, 5.74) is -1.49. The first-order valence-electron chi connectivity index (χ1n) is 9.75. The van der Waals surface area contributed by atoms with E-state index in [2.05, 4.69) is 5.32 Å². The number of anilines is 2. The summed E-state index contributed by atoms with van der Waals surface area (Å²) in [5, 5.41) is 2.43. The Kier molecular flexibility index (Phi) is 5.70. The summed E-state index contributed by atoms with van der Waals surface area (Å²) in [6.07, 6.45) is -0.851. The number of carbonyl (C=O) groups is 3. The lowest BCUT2D eigenvalue weighted by Gasteiger charge is -2.35. The molecule has 2 aliphatic rings. The number of alkyl halides is 3. The molecular weight excluding hydrogens is 401 g/mol. The summed E-state index contributed by atoms with van der Waals surface area (Å²) in [5.74, 6) is -1.15. The van der Waals surface area contributed by atoms with Crippen LogP contribution in [0.5, 0.6) is 0 Å². The first-order chi connectivity index (χ1) is 14.0. The SMILES string of the molecule is CN(C)c1ccc(C(F)(F)F)cc1NC(=O)CN1C(=O)N(C)C2(CCCCC2)C1=O. The molecule has 3 rings (SSSR count). The molecule has 0 bridgehead atoms. The molecular formula is C20H25F3N4O3. The molecule has 1 aliphatic carbocycles. The van der Waals surface area contributed by atoms with Crippen LogP contribution in [0.2, 0.25) is 0 Å². The van der Waals surface area contributed by atoms with Crippen molar-refractivity contribution in [3.8, 4) is 0 Å². The Morgan fingerprint density at radius 2 is 1.80 bits per heavy atom. The molecule has 7 nitrogen and oxygen atoms in total. The third-order valence-electron chi connectivity index (χ3n) is 5.87. The van der Waals surface area contributed by atoms with Crippen molar-refractivity contribution < 1.29 is 27.6 Å². The van der Waals surface area contributed by atoms with E-state index >= 15 is 0 Å². The van der Waals surface area contributed by atoms with E-state index in [9.17, 15) is 27.6 Å². The molecule has 0 aromatic heterocycles. The molecule has 1 saturated carbocycles. The van der Waals surface area contributed by atoms with Gasteiger partial charge in [0.25, 0.3) is 5.91 Å². The summed E-state index contributed by atoms with van der Waals surface area (Å²) >= 11 is 0. The lowest BCUT2D eigenvalue weighted by molar-refractivity contribution is -0.137. The second kappa shape index (κ2) is 7.81. The molecule has 1 aromatic carbocycles. The molecule has 1 heterocycles. The number of hydrogen-bond donors (Lipinski definition) is 1. The Morgan fingerprint density at radius 3 is 2.37 bits per heavy atom. The van der Waals surface area contributed by atoms with Gasteiger partial charge in [-0.1, -0.05) is 19.3 Å². The fourth-order valence-electron chi connectivity index (χ4n) is 4.21. The molecule has 30 heavy (non-hydrogen) atoms. The number of imide groups is 1. The number of halogens is 3. The van der Waals surface area contributed by atoms with Gasteiger partial charge in [0.1, 0.15) is 12.1 Å². The highest BCUT2D eigenvalue weighted by atomic mass is 19.4. The van der Waals surface area contributed by atoms with E-state index in [1.54, 1.807) is 26.0 Å². The predicted molar refractivity (Wildman–Crippen MR) is 105 cm³/mol. The molecule has 1 aromatic rings. The van der Waals surface area contributed by atoms with E-state index in [0.29, 0.717) is 18.5 Å². The van der Waals surface area contributed by atoms with Crippen molar-refractivity contribution >= 4 is 29.2 Å². The number of nitrogens with one attached hydrogen (secondary N) is 1. The monoisotopic (exact) mass is 426 g/mol. The van der Waals surface area contributed by atoms with Crippen LogP contribution in [0.15, 0.2) is 18.2 Å². The molecule has 1 spiro atoms. The lowest BCUT2D eigenvalue weighted by Crippen LogP contribution is -2.49. The Labute approximate surface area is 172 Å². The maximum absolute atomic E-state index is 13.1. The lowest BCUT2D eigenvalue weighted by atomic mass is 9.81. The number of carbonyl (C=O) groups excluding carboxylic acids is 3. The molecule has 0 unspecified atom stereocenters.